The molecule has 0 atom stereocenters. The Morgan fingerprint density at radius 1 is 1.02 bits per heavy atom. The molecular formula is C33H25ClF3N5O3. The van der Waals surface area contributed by atoms with Gasteiger partial charge in [0.2, 0.25) is 0 Å². The lowest BCUT2D eigenvalue weighted by atomic mass is 10.0. The van der Waals surface area contributed by atoms with E-state index in [1.807, 2.05) is 4.57 Å². The van der Waals surface area contributed by atoms with Gasteiger partial charge in [-0.2, -0.15) is 10.2 Å². The highest BCUT2D eigenvalue weighted by atomic mass is 35.5. The topological polar surface area (TPSA) is 103 Å². The highest BCUT2D eigenvalue weighted by Gasteiger charge is 2.43. The van der Waals surface area contributed by atoms with Crippen molar-refractivity contribution < 1.29 is 27.4 Å². The maximum absolute atomic E-state index is 15.6. The molecule has 45 heavy (non-hydrogen) atoms. The number of ether oxygens (including phenoxy) is 2. The quantitative estimate of drug-likeness (QED) is 0.150. The smallest absolute Gasteiger partial charge is 0.337 e. The summed E-state index contributed by atoms with van der Waals surface area (Å²) in [5, 5.41) is 9.62. The van der Waals surface area contributed by atoms with Gasteiger partial charge in [-0.1, -0.05) is 17.7 Å². The van der Waals surface area contributed by atoms with Crippen LogP contribution in [0.15, 0.2) is 60.8 Å². The van der Waals surface area contributed by atoms with E-state index in [1.54, 1.807) is 18.2 Å². The number of nitrogens with zero attached hydrogens (tertiary/aromatic N) is 5. The molecule has 0 spiro atoms. The fourth-order valence-electron chi connectivity index (χ4n) is 5.23. The molecule has 0 bridgehead atoms. The zero-order chi connectivity index (χ0) is 31.7. The molecular weight excluding hydrogens is 607 g/mol. The number of benzene rings is 3. The van der Waals surface area contributed by atoms with Gasteiger partial charge in [-0.05, 0) is 66.9 Å². The van der Waals surface area contributed by atoms with Gasteiger partial charge in [0.25, 0.3) is 0 Å². The first-order valence-corrected chi connectivity index (χ1v) is 14.4. The van der Waals surface area contributed by atoms with Crippen LogP contribution < -0.4 is 4.74 Å². The van der Waals surface area contributed by atoms with E-state index in [2.05, 4.69) is 16.0 Å². The standard InChI is InChI=1S/C33H25ClF3N5O3/c1-44-31(43)19-3-5-28-29(13-19)42(18-33(7-8-33)9-10-38)30(40-28)14-21-12-26(37)23(16-25(21)36)27-6-11-39-32(41-27)45-17-20-2-4-22(34)15-24(20)35/h2-6,11-13,15-16H,7-9,14,17-18H2,1H3. The van der Waals surface area contributed by atoms with Gasteiger partial charge in [-0.25, -0.2) is 27.9 Å². The van der Waals surface area contributed by atoms with Crippen LogP contribution in [-0.4, -0.2) is 32.6 Å². The third kappa shape index (κ3) is 6.33. The fourth-order valence-corrected chi connectivity index (χ4v) is 5.39. The summed E-state index contributed by atoms with van der Waals surface area (Å²) in [5.41, 5.74) is 1.57. The molecule has 3 aromatic carbocycles. The molecule has 0 radical (unpaired) electrons. The van der Waals surface area contributed by atoms with E-state index in [9.17, 15) is 14.4 Å². The number of fused-ring (bicyclic) bond motifs is 1. The third-order valence-electron chi connectivity index (χ3n) is 7.92. The Kier molecular flexibility index (Phi) is 8.16. The predicted octanol–water partition coefficient (Wildman–Crippen LogP) is 7.21. The zero-order valence-electron chi connectivity index (χ0n) is 24.0. The molecule has 228 valence electrons. The molecule has 2 heterocycles. The normalized spacial score (nSPS) is 13.4. The number of esters is 1. The highest BCUT2D eigenvalue weighted by molar-refractivity contribution is 6.30. The monoisotopic (exact) mass is 631 g/mol. The van der Waals surface area contributed by atoms with Crippen molar-refractivity contribution in [2.45, 2.75) is 38.8 Å². The molecule has 6 rings (SSSR count). The number of methoxy groups -OCH3 is 1. The van der Waals surface area contributed by atoms with Crippen molar-refractivity contribution in [2.75, 3.05) is 7.11 Å². The van der Waals surface area contributed by atoms with Gasteiger partial charge in [-0.3, -0.25) is 0 Å². The lowest BCUT2D eigenvalue weighted by Crippen LogP contribution is -2.15. The van der Waals surface area contributed by atoms with Crippen LogP contribution in [0.25, 0.3) is 22.3 Å². The minimum atomic E-state index is -0.724. The van der Waals surface area contributed by atoms with Crippen LogP contribution in [0.5, 0.6) is 6.01 Å². The Balaban J connectivity index is 1.29. The lowest BCUT2D eigenvalue weighted by molar-refractivity contribution is 0.0601. The van der Waals surface area contributed by atoms with E-state index >= 15 is 8.78 Å². The van der Waals surface area contributed by atoms with E-state index in [0.717, 1.165) is 31.0 Å². The number of nitriles is 1. The van der Waals surface area contributed by atoms with E-state index in [-0.39, 0.29) is 51.9 Å². The van der Waals surface area contributed by atoms with Crippen molar-refractivity contribution in [3.63, 3.8) is 0 Å². The molecule has 1 aliphatic rings. The van der Waals surface area contributed by atoms with E-state index in [0.29, 0.717) is 35.4 Å². The Morgan fingerprint density at radius 2 is 1.82 bits per heavy atom. The van der Waals surface area contributed by atoms with Crippen LogP contribution >= 0.6 is 11.6 Å². The first-order valence-electron chi connectivity index (χ1n) is 14.0. The van der Waals surface area contributed by atoms with Crippen LogP contribution in [0.3, 0.4) is 0 Å². The minimum Gasteiger partial charge on any atom is -0.465 e. The van der Waals surface area contributed by atoms with E-state index in [1.165, 1.54) is 31.5 Å². The van der Waals surface area contributed by atoms with Crippen molar-refractivity contribution >= 4 is 28.6 Å². The highest BCUT2D eigenvalue weighted by Crippen LogP contribution is 2.50. The van der Waals surface area contributed by atoms with Gasteiger partial charge in [-0.15, -0.1) is 0 Å². The van der Waals surface area contributed by atoms with Gasteiger partial charge in [0, 0.05) is 47.1 Å². The number of imidazole rings is 1. The summed E-state index contributed by atoms with van der Waals surface area (Å²) in [4.78, 5) is 25.1. The average molecular weight is 632 g/mol. The van der Waals surface area contributed by atoms with Gasteiger partial charge in [0.15, 0.2) is 0 Å². The van der Waals surface area contributed by atoms with Gasteiger partial charge < -0.3 is 14.0 Å². The molecule has 1 fully saturated rings. The van der Waals surface area contributed by atoms with Crippen LogP contribution in [0.4, 0.5) is 13.2 Å². The molecule has 0 unspecified atom stereocenters. The average Bonchev–Trinajstić information content (AvgIpc) is 3.71. The lowest BCUT2D eigenvalue weighted by Gasteiger charge is -2.16. The molecule has 0 N–H and O–H groups in total. The molecule has 0 saturated heterocycles. The predicted molar refractivity (Wildman–Crippen MR) is 159 cm³/mol. The number of hydrogen-bond donors (Lipinski definition) is 0. The van der Waals surface area contributed by atoms with Crippen molar-refractivity contribution in [1.82, 2.24) is 19.5 Å². The van der Waals surface area contributed by atoms with Crippen LogP contribution in [-0.2, 0) is 24.3 Å². The van der Waals surface area contributed by atoms with Gasteiger partial charge in [0.1, 0.15) is 29.9 Å². The molecule has 8 nitrogen and oxygen atoms in total. The Labute approximate surface area is 261 Å². The third-order valence-corrected chi connectivity index (χ3v) is 8.15. The van der Waals surface area contributed by atoms with Gasteiger partial charge >= 0.3 is 12.0 Å². The first kappa shape index (κ1) is 30.1. The maximum Gasteiger partial charge on any atom is 0.337 e. The number of carbonyl (C=O) groups is 1. The van der Waals surface area contributed by atoms with E-state index in [4.69, 9.17) is 26.1 Å². The zero-order valence-corrected chi connectivity index (χ0v) is 24.7. The summed E-state index contributed by atoms with van der Waals surface area (Å²) in [7, 11) is 1.29. The summed E-state index contributed by atoms with van der Waals surface area (Å²) in [6.07, 6.45) is 3.35. The number of rotatable bonds is 10. The van der Waals surface area contributed by atoms with Crippen LogP contribution in [0.1, 0.15) is 46.6 Å². The van der Waals surface area contributed by atoms with Crippen molar-refractivity contribution in [3.05, 3.63) is 106 Å². The Morgan fingerprint density at radius 3 is 2.56 bits per heavy atom. The van der Waals surface area contributed by atoms with E-state index < -0.39 is 23.4 Å². The number of aromatic nitrogens is 4. The van der Waals surface area contributed by atoms with Crippen LogP contribution in [0.2, 0.25) is 5.02 Å². The summed E-state index contributed by atoms with van der Waals surface area (Å²) in [6.45, 7) is 0.253. The number of hydrogen-bond acceptors (Lipinski definition) is 7. The largest absolute Gasteiger partial charge is 0.465 e. The SMILES string of the molecule is COC(=O)c1ccc2nc(Cc3cc(F)c(-c4ccnc(OCc5ccc(Cl)cc5F)n4)cc3F)n(CC3(CC#N)CC3)c2c1. The number of carbonyl (C=O) groups excluding carboxylic acids is 1. The summed E-state index contributed by atoms with van der Waals surface area (Å²) in [5.74, 6) is -2.00. The second kappa shape index (κ2) is 12.2. The minimum absolute atomic E-state index is 0.0430. The van der Waals surface area contributed by atoms with Crippen LogP contribution in [0, 0.1) is 34.2 Å². The first-order chi connectivity index (χ1) is 21.7. The second-order valence-electron chi connectivity index (χ2n) is 11.0. The Bertz CT molecular complexity index is 1990. The number of halogens is 4. The molecule has 2 aromatic heterocycles. The van der Waals surface area contributed by atoms with Crippen molar-refractivity contribution in [3.8, 4) is 23.3 Å². The van der Waals surface area contributed by atoms with Crippen molar-refractivity contribution in [1.29, 1.82) is 5.26 Å². The summed E-state index contributed by atoms with van der Waals surface area (Å²) in [6, 6.07) is 14.7. The molecule has 12 heteroatoms. The molecule has 0 aliphatic heterocycles. The fraction of sp³-hybridized carbons (Fsp3) is 0.242. The molecule has 1 aliphatic carbocycles. The maximum atomic E-state index is 15.6. The van der Waals surface area contributed by atoms with Crippen molar-refractivity contribution in [2.24, 2.45) is 5.41 Å². The molecule has 1 saturated carbocycles. The summed E-state index contributed by atoms with van der Waals surface area (Å²) >= 11 is 5.79. The second-order valence-corrected chi connectivity index (χ2v) is 11.4. The molecule has 5 aromatic rings. The summed E-state index contributed by atoms with van der Waals surface area (Å²) < 4.78 is 57.5. The van der Waals surface area contributed by atoms with Gasteiger partial charge in [0.05, 0.1) is 35.5 Å². The Hall–Kier alpha value is -4.95. The molecule has 0 amide bonds.